The molecule has 0 spiro atoms. The number of nitrogens with zero attached hydrogens (tertiary/aromatic N) is 7. The molecule has 1 fully saturated rings. The van der Waals surface area contributed by atoms with E-state index < -0.39 is 30.0 Å². The van der Waals surface area contributed by atoms with Gasteiger partial charge in [0.1, 0.15) is 17.9 Å². The number of nitrogens with two attached hydrogens (primary N) is 2. The fourth-order valence-electron chi connectivity index (χ4n) is 9.31. The highest BCUT2D eigenvalue weighted by molar-refractivity contribution is 6.06. The topological polar surface area (TPSA) is 302 Å². The molecule has 1 aliphatic rings. The van der Waals surface area contributed by atoms with Crippen LogP contribution in [-0.4, -0.2) is 128 Å². The Labute approximate surface area is 467 Å². The third-order valence-electron chi connectivity index (χ3n) is 13.9. The number of primary amides is 1. The molecule has 0 bridgehead atoms. The highest BCUT2D eigenvalue weighted by Crippen LogP contribution is 2.31. The third kappa shape index (κ3) is 20.1. The number of aromatic nitrogens is 3. The third-order valence-corrected chi connectivity index (χ3v) is 13.9. The fraction of sp³-hybridized carbons (Fsp3) is 0.534. The number of azide groups is 1. The zero-order chi connectivity index (χ0) is 57.1. The van der Waals surface area contributed by atoms with E-state index >= 15 is 0 Å². The normalized spacial score (nSPS) is 13.1. The molecule has 1 saturated carbocycles. The van der Waals surface area contributed by atoms with Gasteiger partial charge in [0.15, 0.2) is 11.6 Å². The summed E-state index contributed by atoms with van der Waals surface area (Å²) in [7, 11) is 0. The number of hydrogen-bond donors (Lipinski definition) is 5. The lowest BCUT2D eigenvalue weighted by molar-refractivity contribution is -0.131. The molecule has 7 N–H and O–H groups in total. The van der Waals surface area contributed by atoms with Gasteiger partial charge in [-0.05, 0) is 84.4 Å². The quantitative estimate of drug-likeness (QED) is 0.0108. The summed E-state index contributed by atoms with van der Waals surface area (Å²) in [5.74, 6) is -0.312. The van der Waals surface area contributed by atoms with Crippen LogP contribution >= 0.6 is 0 Å². The van der Waals surface area contributed by atoms with Crippen LogP contribution in [0.25, 0.3) is 32.4 Å². The van der Waals surface area contributed by atoms with Gasteiger partial charge < -0.3 is 60.6 Å². The van der Waals surface area contributed by atoms with Crippen LogP contribution in [0.2, 0.25) is 0 Å². The van der Waals surface area contributed by atoms with Crippen LogP contribution in [0.5, 0.6) is 0 Å². The number of unbranched alkanes of at least 4 members (excludes halogenated alkanes) is 1. The van der Waals surface area contributed by atoms with Crippen LogP contribution in [-0.2, 0) is 64.2 Å². The summed E-state index contributed by atoms with van der Waals surface area (Å²) in [6.45, 7) is 10.4. The van der Waals surface area contributed by atoms with Crippen molar-refractivity contribution in [2.75, 3.05) is 83.5 Å². The predicted molar refractivity (Wildman–Crippen MR) is 305 cm³/mol. The number of urea groups is 1. The number of ether oxygens (including phenoxy) is 5. The van der Waals surface area contributed by atoms with Gasteiger partial charge in [0.25, 0.3) is 0 Å². The summed E-state index contributed by atoms with van der Waals surface area (Å²) < 4.78 is 29.9. The number of amides is 5. The van der Waals surface area contributed by atoms with E-state index in [1.165, 1.54) is 0 Å². The minimum Gasteiger partial charge on any atom is -0.445 e. The number of carbonyl (C=O) groups is 5. The Hall–Kier alpha value is -7.36. The molecule has 5 aromatic rings. The summed E-state index contributed by atoms with van der Waals surface area (Å²) in [5.41, 5.74) is 25.8. The average Bonchev–Trinajstić information content (AvgIpc) is 3.90. The van der Waals surface area contributed by atoms with Crippen molar-refractivity contribution in [2.45, 2.75) is 111 Å². The molecule has 6 rings (SSSR count). The van der Waals surface area contributed by atoms with E-state index in [1.807, 2.05) is 32.0 Å². The molecule has 2 heterocycles. The largest absolute Gasteiger partial charge is 0.445 e. The SMILES string of the molecule is CCCCc1nc2c(N)nc3ccccc3c2n1Cc1ccc(CN(CC2CCC2)C(=O)OCc2ccc(NC(=O)[C@H](CCCNC(N)=O)CC(=O)[C@@H](NC(=O)CCOCCOCCOCCOCCN=[N+]=[N-])C(C)C)cc2)cc1. The maximum absolute atomic E-state index is 13.8. The van der Waals surface area contributed by atoms with Crippen LogP contribution in [0.3, 0.4) is 0 Å². The Morgan fingerprint density at radius 3 is 2.16 bits per heavy atom. The number of nitrogen functional groups attached to an aromatic ring is 1. The summed E-state index contributed by atoms with van der Waals surface area (Å²) in [6.07, 6.45) is 6.22. The first-order valence-corrected chi connectivity index (χ1v) is 27.9. The van der Waals surface area contributed by atoms with Gasteiger partial charge in [-0.25, -0.2) is 19.6 Å². The number of Topliss-reactive ketones (excluding diaryl/α,β-unsaturated/α-hetero) is 1. The second-order valence-corrected chi connectivity index (χ2v) is 20.4. The smallest absolute Gasteiger partial charge is 0.410 e. The number of carbonyl (C=O) groups excluding carboxylic acids is 5. The highest BCUT2D eigenvalue weighted by atomic mass is 16.6. The molecule has 80 heavy (non-hydrogen) atoms. The molecule has 0 unspecified atom stereocenters. The van der Waals surface area contributed by atoms with Gasteiger partial charge in [0.2, 0.25) is 11.8 Å². The molecule has 0 saturated heterocycles. The van der Waals surface area contributed by atoms with Gasteiger partial charge in [0, 0.05) is 73.9 Å². The van der Waals surface area contributed by atoms with Crippen molar-refractivity contribution in [1.29, 1.82) is 0 Å². The lowest BCUT2D eigenvalue weighted by Gasteiger charge is -2.32. The summed E-state index contributed by atoms with van der Waals surface area (Å²) in [4.78, 5) is 79.8. The zero-order valence-electron chi connectivity index (χ0n) is 46.6. The Morgan fingerprint density at radius 1 is 0.850 bits per heavy atom. The first kappa shape index (κ1) is 61.8. The Morgan fingerprint density at radius 2 is 1.51 bits per heavy atom. The fourth-order valence-corrected chi connectivity index (χ4v) is 9.31. The lowest BCUT2D eigenvalue weighted by Crippen LogP contribution is -2.45. The number of imidazole rings is 1. The van der Waals surface area contributed by atoms with Crippen LogP contribution in [0, 0.1) is 17.8 Å². The predicted octanol–water partition coefficient (Wildman–Crippen LogP) is 8.37. The number of pyridine rings is 1. The minimum atomic E-state index is -0.849. The Bertz CT molecular complexity index is 2820. The summed E-state index contributed by atoms with van der Waals surface area (Å²) >= 11 is 0. The molecule has 0 radical (unpaired) electrons. The number of rotatable bonds is 37. The highest BCUT2D eigenvalue weighted by Gasteiger charge is 2.30. The summed E-state index contributed by atoms with van der Waals surface area (Å²) in [5, 5.41) is 12.7. The second-order valence-electron chi connectivity index (χ2n) is 20.4. The monoisotopic (exact) mass is 1100 g/mol. The first-order valence-electron chi connectivity index (χ1n) is 27.9. The average molecular weight is 1110 g/mol. The van der Waals surface area contributed by atoms with Crippen LogP contribution in [0.1, 0.15) is 101 Å². The van der Waals surface area contributed by atoms with E-state index in [4.69, 9.17) is 45.7 Å². The van der Waals surface area contributed by atoms with Gasteiger partial charge in [0.05, 0.1) is 69.9 Å². The second kappa shape index (κ2) is 33.3. The Balaban J connectivity index is 0.979. The molecular weight excluding hydrogens is 1020 g/mol. The van der Waals surface area contributed by atoms with Crippen molar-refractivity contribution in [3.8, 4) is 0 Å². The van der Waals surface area contributed by atoms with Crippen molar-refractivity contribution in [1.82, 2.24) is 30.1 Å². The standard InChI is InChI=1S/C58H80N12O10/c1-4-5-15-50-66-53-54(47-13-6-7-14-48(47)65-55(53)59)70(50)38-43-18-16-42(17-19-43)37-69(36-41-10-8-11-41)58(75)80-39-44-20-22-46(23-21-44)64-56(73)45(12-9-25-62-57(60)74)35-49(71)52(40(2)3)67-51(72)24-27-76-29-31-78-33-34-79-32-30-77-28-26-63-68-61/h6-7,13-14,16-23,40-41,45,52H,4-5,8-12,15,24-39H2,1-3H3,(H2,59,65)(H,64,73)(H,67,72)(H3,60,62,74)/t45-,52+/m1/s1. The van der Waals surface area contributed by atoms with Crippen molar-refractivity contribution in [2.24, 2.45) is 28.6 Å². The van der Waals surface area contributed by atoms with Crippen molar-refractivity contribution < 1.29 is 47.7 Å². The maximum atomic E-state index is 13.8. The van der Waals surface area contributed by atoms with Gasteiger partial charge in [-0.2, -0.15) is 0 Å². The van der Waals surface area contributed by atoms with Crippen LogP contribution in [0.4, 0.5) is 21.1 Å². The minimum absolute atomic E-state index is 0.0192. The van der Waals surface area contributed by atoms with Crippen LogP contribution in [0.15, 0.2) is 77.9 Å². The molecule has 432 valence electrons. The van der Waals surface area contributed by atoms with Crippen molar-refractivity contribution >= 4 is 63.2 Å². The van der Waals surface area contributed by atoms with Gasteiger partial charge in [-0.3, -0.25) is 14.4 Å². The number of ketones is 1. The number of aryl methyl sites for hydroxylation is 1. The number of para-hydroxylation sites is 1. The number of anilines is 2. The van der Waals surface area contributed by atoms with Gasteiger partial charge >= 0.3 is 12.1 Å². The molecule has 2 atom stereocenters. The van der Waals surface area contributed by atoms with E-state index in [1.54, 1.807) is 29.2 Å². The zero-order valence-corrected chi connectivity index (χ0v) is 46.6. The lowest BCUT2D eigenvalue weighted by atomic mass is 9.85. The molecule has 1 aliphatic carbocycles. The van der Waals surface area contributed by atoms with E-state index in [-0.39, 0.29) is 69.8 Å². The maximum Gasteiger partial charge on any atom is 0.410 e. The molecule has 22 heteroatoms. The van der Waals surface area contributed by atoms with E-state index in [0.717, 1.165) is 83.0 Å². The number of hydrogen-bond acceptors (Lipinski definition) is 14. The molecule has 0 aliphatic heterocycles. The van der Waals surface area contributed by atoms with Crippen LogP contribution < -0.4 is 27.4 Å². The van der Waals surface area contributed by atoms with Gasteiger partial charge in [-0.15, -0.1) is 0 Å². The van der Waals surface area contributed by atoms with Crippen molar-refractivity contribution in [3.05, 3.63) is 106 Å². The molecule has 22 nitrogen and oxygen atoms in total. The molecule has 3 aromatic carbocycles. The number of benzene rings is 3. The molecule has 2 aromatic heterocycles. The van der Waals surface area contributed by atoms with Crippen molar-refractivity contribution in [3.63, 3.8) is 0 Å². The van der Waals surface area contributed by atoms with E-state index in [2.05, 4.69) is 72.8 Å². The number of fused-ring (bicyclic) bond motifs is 3. The van der Waals surface area contributed by atoms with E-state index in [0.29, 0.717) is 83.1 Å². The Kier molecular flexibility index (Phi) is 25.7. The first-order chi connectivity index (χ1) is 38.8. The molecule has 5 amide bonds. The molecular formula is C58H80N12O10. The van der Waals surface area contributed by atoms with E-state index in [9.17, 15) is 24.0 Å². The van der Waals surface area contributed by atoms with Gasteiger partial charge in [-0.1, -0.05) is 93.3 Å². The summed E-state index contributed by atoms with van der Waals surface area (Å²) in [6, 6.07) is 21.8. The number of nitrogens with one attached hydrogen (secondary N) is 3.